The second kappa shape index (κ2) is 7.19. The lowest BCUT2D eigenvalue weighted by molar-refractivity contribution is 0.537. The normalized spacial score (nSPS) is 12.4. The van der Waals surface area contributed by atoms with Crippen molar-refractivity contribution in [2.75, 3.05) is 0 Å². The molecule has 0 saturated carbocycles. The number of hydrogen-bond donors (Lipinski definition) is 1. The van der Waals surface area contributed by atoms with Crippen LogP contribution in [0.25, 0.3) is 22.8 Å². The minimum atomic E-state index is 0.176. The van der Waals surface area contributed by atoms with Crippen molar-refractivity contribution in [3.8, 4) is 22.8 Å². The average molecular weight is 361 g/mol. The number of aromatic amines is 1. The van der Waals surface area contributed by atoms with E-state index in [1.165, 1.54) is 0 Å². The molecule has 3 heterocycles. The molecule has 138 valence electrons. The van der Waals surface area contributed by atoms with E-state index in [0.717, 1.165) is 47.1 Å². The molecule has 0 fully saturated rings. The van der Waals surface area contributed by atoms with Gasteiger partial charge in [0.1, 0.15) is 12.0 Å². The predicted octanol–water partition coefficient (Wildman–Crippen LogP) is 3.66. The largest absolute Gasteiger partial charge is 0.324 e. The van der Waals surface area contributed by atoms with Crippen LogP contribution in [0.5, 0.6) is 0 Å². The van der Waals surface area contributed by atoms with Gasteiger partial charge in [0.15, 0.2) is 5.82 Å². The third kappa shape index (κ3) is 3.28. The van der Waals surface area contributed by atoms with Crippen molar-refractivity contribution in [1.82, 2.24) is 34.5 Å². The molecule has 0 aliphatic carbocycles. The first-order chi connectivity index (χ1) is 13.2. The first-order valence-electron chi connectivity index (χ1n) is 9.18. The number of aromatic nitrogens is 7. The Hall–Kier alpha value is -3.22. The lowest BCUT2D eigenvalue weighted by Gasteiger charge is -2.16. The molecular formula is C20H23N7. The first-order valence-corrected chi connectivity index (χ1v) is 9.18. The fourth-order valence-electron chi connectivity index (χ4n) is 3.38. The molecule has 7 nitrogen and oxygen atoms in total. The van der Waals surface area contributed by atoms with Gasteiger partial charge in [-0.25, -0.2) is 14.6 Å². The molecular weight excluding hydrogens is 338 g/mol. The Labute approximate surface area is 158 Å². The fraction of sp³-hybridized carbons (Fsp3) is 0.300. The van der Waals surface area contributed by atoms with E-state index in [9.17, 15) is 0 Å². The lowest BCUT2D eigenvalue weighted by Crippen LogP contribution is -2.12. The van der Waals surface area contributed by atoms with E-state index >= 15 is 0 Å². The maximum absolute atomic E-state index is 4.74. The summed E-state index contributed by atoms with van der Waals surface area (Å²) in [5.41, 5.74) is 5.08. The highest BCUT2D eigenvalue weighted by Crippen LogP contribution is 2.32. The maximum Gasteiger partial charge on any atom is 0.177 e. The number of hydrogen-bond acceptors (Lipinski definition) is 4. The second-order valence-corrected chi connectivity index (χ2v) is 6.71. The van der Waals surface area contributed by atoms with E-state index in [1.54, 1.807) is 6.33 Å². The van der Waals surface area contributed by atoms with Crippen LogP contribution in [0.4, 0.5) is 0 Å². The monoisotopic (exact) mass is 361 g/mol. The van der Waals surface area contributed by atoms with Gasteiger partial charge in [-0.1, -0.05) is 30.3 Å². The number of aryl methyl sites for hydroxylation is 2. The van der Waals surface area contributed by atoms with Crippen LogP contribution in [0.15, 0.2) is 49.1 Å². The minimum Gasteiger partial charge on any atom is -0.324 e. The number of H-pyrrole nitrogens is 1. The lowest BCUT2D eigenvalue weighted by atomic mass is 10.1. The highest BCUT2D eigenvalue weighted by Gasteiger charge is 2.22. The Kier molecular flexibility index (Phi) is 4.58. The molecule has 1 aromatic carbocycles. The average Bonchev–Trinajstić information content (AvgIpc) is 3.40. The van der Waals surface area contributed by atoms with Gasteiger partial charge in [-0.15, -0.1) is 0 Å². The summed E-state index contributed by atoms with van der Waals surface area (Å²) < 4.78 is 4.09. The molecule has 1 N–H and O–H groups in total. The first kappa shape index (κ1) is 17.2. The van der Waals surface area contributed by atoms with Gasteiger partial charge in [-0.05, 0) is 26.8 Å². The zero-order chi connectivity index (χ0) is 18.8. The van der Waals surface area contributed by atoms with E-state index in [4.69, 9.17) is 4.98 Å². The smallest absolute Gasteiger partial charge is 0.177 e. The van der Waals surface area contributed by atoms with Crippen LogP contribution in [0.3, 0.4) is 0 Å². The molecule has 3 aromatic heterocycles. The summed E-state index contributed by atoms with van der Waals surface area (Å²) in [6.45, 7) is 7.01. The molecule has 0 amide bonds. The van der Waals surface area contributed by atoms with Gasteiger partial charge in [0.2, 0.25) is 0 Å². The molecule has 0 aliphatic rings. The van der Waals surface area contributed by atoms with Gasteiger partial charge >= 0.3 is 0 Å². The Balaban J connectivity index is 1.81. The van der Waals surface area contributed by atoms with Crippen LogP contribution in [0, 0.1) is 6.92 Å². The zero-order valence-electron chi connectivity index (χ0n) is 15.8. The van der Waals surface area contributed by atoms with Crippen LogP contribution >= 0.6 is 0 Å². The number of rotatable bonds is 6. The van der Waals surface area contributed by atoms with Crippen LogP contribution in [-0.2, 0) is 13.0 Å². The molecule has 4 aromatic rings. The number of benzene rings is 1. The highest BCUT2D eigenvalue weighted by molar-refractivity contribution is 5.75. The van der Waals surface area contributed by atoms with E-state index in [0.29, 0.717) is 0 Å². The van der Waals surface area contributed by atoms with Crippen molar-refractivity contribution >= 4 is 0 Å². The summed E-state index contributed by atoms with van der Waals surface area (Å²) in [5, 5.41) is 11.8. The van der Waals surface area contributed by atoms with E-state index in [2.05, 4.69) is 56.9 Å². The summed E-state index contributed by atoms with van der Waals surface area (Å²) >= 11 is 0. The summed E-state index contributed by atoms with van der Waals surface area (Å²) in [6, 6.07) is 12.5. The summed E-state index contributed by atoms with van der Waals surface area (Å²) in [4.78, 5) is 9.28. The molecule has 0 aliphatic heterocycles. The van der Waals surface area contributed by atoms with Gasteiger partial charge < -0.3 is 4.57 Å². The molecule has 0 saturated heterocycles. The molecule has 0 radical (unpaired) electrons. The van der Waals surface area contributed by atoms with Gasteiger partial charge in [0.25, 0.3) is 0 Å². The Morgan fingerprint density at radius 2 is 1.96 bits per heavy atom. The van der Waals surface area contributed by atoms with Crippen molar-refractivity contribution in [1.29, 1.82) is 0 Å². The molecule has 0 bridgehead atoms. The third-order valence-corrected chi connectivity index (χ3v) is 4.71. The van der Waals surface area contributed by atoms with Gasteiger partial charge in [-0.2, -0.15) is 10.2 Å². The predicted molar refractivity (Wildman–Crippen MR) is 104 cm³/mol. The fourth-order valence-corrected chi connectivity index (χ4v) is 3.38. The highest BCUT2D eigenvalue weighted by atomic mass is 15.3. The van der Waals surface area contributed by atoms with Gasteiger partial charge in [-0.3, -0.25) is 5.10 Å². The SMILES string of the molecule is CCn1ncnc1-c1c(-c2ccccc2)ncn1[C@H](C)Cc1cc(C)[nH]n1. The summed E-state index contributed by atoms with van der Waals surface area (Å²) in [6.07, 6.45) is 4.31. The molecule has 0 unspecified atom stereocenters. The van der Waals surface area contributed by atoms with Crippen molar-refractivity contribution in [2.45, 2.75) is 39.8 Å². The van der Waals surface area contributed by atoms with E-state index in [1.807, 2.05) is 36.1 Å². The van der Waals surface area contributed by atoms with Crippen LogP contribution in [-0.4, -0.2) is 34.5 Å². The van der Waals surface area contributed by atoms with E-state index in [-0.39, 0.29) is 6.04 Å². The molecule has 7 heteroatoms. The van der Waals surface area contributed by atoms with Crippen molar-refractivity contribution in [3.63, 3.8) is 0 Å². The Bertz CT molecular complexity index is 1030. The van der Waals surface area contributed by atoms with Gasteiger partial charge in [0, 0.05) is 30.3 Å². The van der Waals surface area contributed by atoms with Crippen molar-refractivity contribution in [3.05, 3.63) is 60.4 Å². The van der Waals surface area contributed by atoms with Crippen LogP contribution < -0.4 is 0 Å². The molecule has 1 atom stereocenters. The van der Waals surface area contributed by atoms with Crippen molar-refractivity contribution in [2.24, 2.45) is 0 Å². The summed E-state index contributed by atoms with van der Waals surface area (Å²) in [5.74, 6) is 0.832. The molecule has 0 spiro atoms. The Morgan fingerprint density at radius 3 is 2.67 bits per heavy atom. The minimum absolute atomic E-state index is 0.176. The maximum atomic E-state index is 4.74. The summed E-state index contributed by atoms with van der Waals surface area (Å²) in [7, 11) is 0. The van der Waals surface area contributed by atoms with Crippen LogP contribution in [0.2, 0.25) is 0 Å². The number of nitrogens with one attached hydrogen (secondary N) is 1. The van der Waals surface area contributed by atoms with Gasteiger partial charge in [0.05, 0.1) is 17.7 Å². The van der Waals surface area contributed by atoms with Crippen LogP contribution in [0.1, 0.15) is 31.3 Å². The van der Waals surface area contributed by atoms with Crippen molar-refractivity contribution < 1.29 is 0 Å². The topological polar surface area (TPSA) is 77.2 Å². The third-order valence-electron chi connectivity index (χ3n) is 4.71. The number of nitrogens with zero attached hydrogens (tertiary/aromatic N) is 6. The standard InChI is InChI=1S/C20H23N7/c1-4-27-20(21-12-23-27)19-18(16-8-6-5-7-9-16)22-13-26(19)15(3)11-17-10-14(2)24-25-17/h5-10,12-13,15H,4,11H2,1-3H3,(H,24,25)/t15-/m1/s1. The number of imidazole rings is 1. The van der Waals surface area contributed by atoms with E-state index < -0.39 is 0 Å². The molecule has 4 rings (SSSR count). The quantitative estimate of drug-likeness (QED) is 0.568. The zero-order valence-corrected chi connectivity index (χ0v) is 15.8. The second-order valence-electron chi connectivity index (χ2n) is 6.71. The Morgan fingerprint density at radius 1 is 1.15 bits per heavy atom. The molecule has 27 heavy (non-hydrogen) atoms.